The molecule has 0 aromatic heterocycles. The van der Waals surface area contributed by atoms with Crippen LogP contribution >= 0.6 is 0 Å². The normalized spacial score (nSPS) is 7.68. The zero-order valence-corrected chi connectivity index (χ0v) is 19.0. The van der Waals surface area contributed by atoms with E-state index in [1.165, 1.54) is 10.6 Å². The van der Waals surface area contributed by atoms with Crippen LogP contribution in [0.1, 0.15) is 41.5 Å². The first kappa shape index (κ1) is 42.9. The molecule has 0 spiro atoms. The van der Waals surface area contributed by atoms with Gasteiger partial charge in [0.25, 0.3) is 0 Å². The predicted molar refractivity (Wildman–Crippen MR) is 68.4 cm³/mol. The van der Waals surface area contributed by atoms with Gasteiger partial charge >= 0.3 is 21.7 Å². The molecule has 0 bridgehead atoms. The van der Waals surface area contributed by atoms with Gasteiger partial charge in [0.15, 0.2) is 0 Å². The largest absolute Gasteiger partial charge is 4.00 e. The quantitative estimate of drug-likeness (QED) is 0.450. The first-order chi connectivity index (χ1) is 6.40. The molecule has 0 aliphatic carbocycles. The summed E-state index contributed by atoms with van der Waals surface area (Å²) in [5.41, 5.74) is 0. The molecule has 0 saturated heterocycles. The van der Waals surface area contributed by atoms with Crippen molar-refractivity contribution in [3.63, 3.8) is 0 Å². The summed E-state index contributed by atoms with van der Waals surface area (Å²) in [6.07, 6.45) is 0. The van der Waals surface area contributed by atoms with Crippen molar-refractivity contribution in [1.82, 2.24) is 0 Å². The zero-order valence-electron chi connectivity index (χ0n) is 13.0. The topological polar surface area (TPSA) is 20.2 Å². The molecule has 0 fully saturated rings. The minimum atomic E-state index is 0. The fraction of sp³-hybridized carbons (Fsp3) is 1.00. The van der Waals surface area contributed by atoms with Gasteiger partial charge in [0.2, 0.25) is 15.2 Å². The first-order valence-corrected chi connectivity index (χ1v) is 8.01. The third-order valence-corrected chi connectivity index (χ3v) is 5.05. The van der Waals surface area contributed by atoms with Crippen LogP contribution in [0.4, 0.5) is 0 Å². The van der Waals surface area contributed by atoms with Gasteiger partial charge in [-0.3, -0.25) is 0 Å². The Labute approximate surface area is 167 Å². The van der Waals surface area contributed by atoms with E-state index in [9.17, 15) is 0 Å². The summed E-state index contributed by atoms with van der Waals surface area (Å²) in [5.74, 6) is 2.35. The Morgan fingerprint density at radius 2 is 0.895 bits per heavy atom. The maximum Gasteiger partial charge on any atom is 4.00 e. The van der Waals surface area contributed by atoms with E-state index in [4.69, 9.17) is 5.11 Å². The minimum absolute atomic E-state index is 0. The van der Waals surface area contributed by atoms with Crippen molar-refractivity contribution in [2.75, 3.05) is 6.61 Å². The summed E-state index contributed by atoms with van der Waals surface area (Å²) in [7, 11) is 0. The molecule has 0 saturated carbocycles. The summed E-state index contributed by atoms with van der Waals surface area (Å²) in [4.78, 5) is 0. The van der Waals surface area contributed by atoms with Gasteiger partial charge in [-0.2, -0.15) is 0 Å². The molecular weight excluding hydrogens is 377 g/mol. The van der Waals surface area contributed by atoms with Crippen molar-refractivity contribution >= 4 is 15.2 Å². The van der Waals surface area contributed by atoms with E-state index in [0.717, 1.165) is 11.8 Å². The number of halogens is 4. The molecule has 0 aliphatic rings. The number of rotatable bonds is 5. The van der Waals surface area contributed by atoms with E-state index in [1.54, 1.807) is 0 Å². The average Bonchev–Trinajstić information content (AvgIpc) is 2.04. The molecule has 1 nitrogen and oxygen atoms in total. The molecule has 7 heteroatoms. The Morgan fingerprint density at radius 1 is 0.684 bits per heavy atom. The van der Waals surface area contributed by atoms with Gasteiger partial charge in [0.1, 0.15) is 0 Å². The Morgan fingerprint density at radius 3 is 1.00 bits per heavy atom. The monoisotopic (exact) mass is 404 g/mol. The van der Waals surface area contributed by atoms with Gasteiger partial charge in [-0.1, -0.05) is 63.9 Å². The molecule has 1 N–H and O–H groups in total. The Bertz CT molecular complexity index is 112. The maximum atomic E-state index is 8.14. The summed E-state index contributed by atoms with van der Waals surface area (Å²) in [5, 5.41) is 11.2. The Balaban J connectivity index is -0.0000000261. The Kier molecular flexibility index (Phi) is 73.1. The molecular formula is C12H29AlCl4OTi. The predicted octanol–water partition coefficient (Wildman–Crippen LogP) is -8.78. The molecule has 19 heavy (non-hydrogen) atoms. The van der Waals surface area contributed by atoms with Crippen LogP contribution in [0.25, 0.3) is 0 Å². The van der Waals surface area contributed by atoms with E-state index in [-0.39, 0.29) is 71.3 Å². The average molecular weight is 406 g/mol. The molecule has 0 amide bonds. The van der Waals surface area contributed by atoms with Crippen LogP contribution in [-0.2, 0) is 21.7 Å². The Hall–Kier alpha value is 2.37. The SMILES string of the molecule is CC(C)CO.CC(C)[CH2][AlH][CH2]C(C)C.[Cl-].[Cl-].[Cl-].[Cl-].[Ti+4]. The van der Waals surface area contributed by atoms with Crippen LogP contribution in [0.2, 0.25) is 10.6 Å². The first-order valence-electron chi connectivity index (χ1n) is 6.01. The maximum absolute atomic E-state index is 8.14. The van der Waals surface area contributed by atoms with E-state index >= 15 is 0 Å². The van der Waals surface area contributed by atoms with E-state index < -0.39 is 0 Å². The van der Waals surface area contributed by atoms with E-state index in [2.05, 4.69) is 27.7 Å². The summed E-state index contributed by atoms with van der Waals surface area (Å²) >= 11 is 0.316. The van der Waals surface area contributed by atoms with Gasteiger partial charge in [0.05, 0.1) is 0 Å². The van der Waals surface area contributed by atoms with Gasteiger partial charge in [-0.25, -0.2) is 0 Å². The van der Waals surface area contributed by atoms with Crippen molar-refractivity contribution in [3.8, 4) is 0 Å². The second-order valence-electron chi connectivity index (χ2n) is 5.30. The van der Waals surface area contributed by atoms with Crippen molar-refractivity contribution in [2.45, 2.75) is 52.1 Å². The second kappa shape index (κ2) is 32.3. The zero-order chi connectivity index (χ0) is 11.6. The molecule has 118 valence electrons. The number of hydrogen-bond acceptors (Lipinski definition) is 1. The molecule has 0 atom stereocenters. The molecule has 0 aromatic carbocycles. The molecule has 0 heterocycles. The fourth-order valence-electron chi connectivity index (χ4n) is 0.934. The van der Waals surface area contributed by atoms with Crippen molar-refractivity contribution < 1.29 is 76.5 Å². The molecule has 0 unspecified atom stereocenters. The number of aliphatic hydroxyl groups excluding tert-OH is 1. The van der Waals surface area contributed by atoms with Crippen LogP contribution in [0.5, 0.6) is 0 Å². The van der Waals surface area contributed by atoms with E-state index in [0.29, 0.717) is 27.7 Å². The second-order valence-corrected chi connectivity index (χ2v) is 7.16. The van der Waals surface area contributed by atoms with Crippen molar-refractivity contribution in [3.05, 3.63) is 0 Å². The molecule has 0 aromatic rings. The van der Waals surface area contributed by atoms with Crippen LogP contribution in [0.3, 0.4) is 0 Å². The van der Waals surface area contributed by atoms with Gasteiger partial charge in [0, 0.05) is 6.61 Å². The van der Waals surface area contributed by atoms with Crippen molar-refractivity contribution in [2.24, 2.45) is 17.8 Å². The van der Waals surface area contributed by atoms with E-state index in [1.807, 2.05) is 13.8 Å². The molecule has 0 aliphatic heterocycles. The minimum Gasteiger partial charge on any atom is -1.00 e. The third-order valence-electron chi connectivity index (χ3n) is 1.93. The fourth-order valence-corrected chi connectivity index (χ4v) is 2.80. The number of aliphatic hydroxyl groups is 1. The summed E-state index contributed by atoms with van der Waals surface area (Å²) in [6.45, 7) is 13.6. The standard InChI is InChI=1S/C4H10O.2C4H9.Al.4ClH.Ti.H/c1-4(2)3-5;2*1-4(2)3;;;;;;;/h4-5H,3H2,1-2H3;2*4H,1H2,2-3H3;;4*1H;;/q;;;;;;;;+4;/p-4. The van der Waals surface area contributed by atoms with Crippen LogP contribution in [0.15, 0.2) is 0 Å². The van der Waals surface area contributed by atoms with Crippen molar-refractivity contribution in [1.29, 1.82) is 0 Å². The van der Waals surface area contributed by atoms with Crippen LogP contribution in [0, 0.1) is 17.8 Å². The number of hydrogen-bond donors (Lipinski definition) is 1. The van der Waals surface area contributed by atoms with Crippen LogP contribution < -0.4 is 49.6 Å². The van der Waals surface area contributed by atoms with Gasteiger partial charge < -0.3 is 54.7 Å². The molecule has 0 radical (unpaired) electrons. The van der Waals surface area contributed by atoms with Crippen LogP contribution in [-0.4, -0.2) is 26.9 Å². The molecule has 0 rings (SSSR count). The third kappa shape index (κ3) is 63.9. The summed E-state index contributed by atoms with van der Waals surface area (Å²) < 4.78 is 0. The van der Waals surface area contributed by atoms with Gasteiger partial charge in [-0.05, 0) is 5.92 Å². The smallest absolute Gasteiger partial charge is 1.00 e. The summed E-state index contributed by atoms with van der Waals surface area (Å²) in [6, 6.07) is 0. The van der Waals surface area contributed by atoms with Gasteiger partial charge in [-0.15, -0.1) is 0 Å².